The van der Waals surface area contributed by atoms with E-state index in [-0.39, 0.29) is 5.91 Å². The minimum Gasteiger partial charge on any atom is -0.491 e. The van der Waals surface area contributed by atoms with E-state index in [0.717, 1.165) is 0 Å². The number of nitrogens with two attached hydrogens (primary N) is 1. The van der Waals surface area contributed by atoms with Crippen molar-refractivity contribution >= 4 is 11.6 Å². The number of hydrogen-bond donors (Lipinski definition) is 2. The average molecular weight is 308 g/mol. The molecule has 0 saturated carbocycles. The summed E-state index contributed by atoms with van der Waals surface area (Å²) in [4.78, 5) is 12.6. The zero-order chi connectivity index (χ0) is 15.8. The van der Waals surface area contributed by atoms with Crippen LogP contribution in [0.2, 0.25) is 0 Å². The molecule has 1 amide bonds. The van der Waals surface area contributed by atoms with E-state index in [1.165, 1.54) is 0 Å². The Kier molecular flexibility index (Phi) is 6.18. The molecule has 0 aromatic heterocycles. The third-order valence-electron chi connectivity index (χ3n) is 3.97. The number of ether oxygens (including phenoxy) is 3. The SMILES string of the molecule is COCCOc1cccc(NC(=O)C2(CN)CCOCC2)c1. The average Bonchev–Trinajstić information content (AvgIpc) is 2.56. The molecular weight excluding hydrogens is 284 g/mol. The highest BCUT2D eigenvalue weighted by Gasteiger charge is 2.38. The van der Waals surface area contributed by atoms with Gasteiger partial charge in [0, 0.05) is 38.6 Å². The predicted molar refractivity (Wildman–Crippen MR) is 84.0 cm³/mol. The van der Waals surface area contributed by atoms with E-state index in [2.05, 4.69) is 5.32 Å². The van der Waals surface area contributed by atoms with Crippen LogP contribution in [0.5, 0.6) is 5.75 Å². The molecule has 0 radical (unpaired) electrons. The van der Waals surface area contributed by atoms with E-state index in [9.17, 15) is 4.79 Å². The fraction of sp³-hybridized carbons (Fsp3) is 0.562. The number of amides is 1. The zero-order valence-corrected chi connectivity index (χ0v) is 13.0. The molecule has 6 heteroatoms. The van der Waals surface area contributed by atoms with E-state index in [4.69, 9.17) is 19.9 Å². The quantitative estimate of drug-likeness (QED) is 0.744. The largest absolute Gasteiger partial charge is 0.491 e. The summed E-state index contributed by atoms with van der Waals surface area (Å²) >= 11 is 0. The molecular formula is C16H24N2O4. The second-order valence-corrected chi connectivity index (χ2v) is 5.42. The molecule has 6 nitrogen and oxygen atoms in total. The zero-order valence-electron chi connectivity index (χ0n) is 13.0. The topological polar surface area (TPSA) is 82.8 Å². The second kappa shape index (κ2) is 8.12. The molecule has 0 atom stereocenters. The molecule has 0 spiro atoms. The number of carbonyl (C=O) groups is 1. The first-order valence-electron chi connectivity index (χ1n) is 7.51. The summed E-state index contributed by atoms with van der Waals surface area (Å²) in [5.74, 6) is 0.649. The van der Waals surface area contributed by atoms with Gasteiger partial charge in [-0.1, -0.05) is 6.07 Å². The van der Waals surface area contributed by atoms with Crippen LogP contribution in [-0.2, 0) is 14.3 Å². The summed E-state index contributed by atoms with van der Waals surface area (Å²) in [5.41, 5.74) is 6.02. The minimum atomic E-state index is -0.537. The molecule has 1 aliphatic rings. The van der Waals surface area contributed by atoms with Gasteiger partial charge in [0.25, 0.3) is 0 Å². The lowest BCUT2D eigenvalue weighted by atomic mass is 9.79. The molecule has 1 fully saturated rings. The van der Waals surface area contributed by atoms with Crippen LogP contribution in [0.15, 0.2) is 24.3 Å². The summed E-state index contributed by atoms with van der Waals surface area (Å²) in [7, 11) is 1.63. The van der Waals surface area contributed by atoms with Gasteiger partial charge >= 0.3 is 0 Å². The highest BCUT2D eigenvalue weighted by Crippen LogP contribution is 2.31. The normalized spacial score (nSPS) is 17.0. The van der Waals surface area contributed by atoms with Crippen molar-refractivity contribution in [1.29, 1.82) is 0 Å². The van der Waals surface area contributed by atoms with Crippen molar-refractivity contribution in [3.8, 4) is 5.75 Å². The highest BCUT2D eigenvalue weighted by molar-refractivity contribution is 5.95. The van der Waals surface area contributed by atoms with Crippen molar-refractivity contribution in [3.05, 3.63) is 24.3 Å². The van der Waals surface area contributed by atoms with Gasteiger partial charge in [-0.3, -0.25) is 4.79 Å². The van der Waals surface area contributed by atoms with Gasteiger partial charge in [0.05, 0.1) is 12.0 Å². The Balaban J connectivity index is 1.99. The van der Waals surface area contributed by atoms with Gasteiger partial charge in [-0.15, -0.1) is 0 Å². The minimum absolute atomic E-state index is 0.0488. The maximum absolute atomic E-state index is 12.6. The van der Waals surface area contributed by atoms with E-state index in [1.807, 2.05) is 18.2 Å². The highest BCUT2D eigenvalue weighted by atomic mass is 16.5. The fourth-order valence-electron chi connectivity index (χ4n) is 2.46. The molecule has 1 saturated heterocycles. The third kappa shape index (κ3) is 4.19. The Hall–Kier alpha value is -1.63. The van der Waals surface area contributed by atoms with Crippen LogP contribution in [0.3, 0.4) is 0 Å². The van der Waals surface area contributed by atoms with Crippen molar-refractivity contribution in [2.45, 2.75) is 12.8 Å². The molecule has 1 aromatic rings. The predicted octanol–water partition coefficient (Wildman–Crippen LogP) is 1.41. The van der Waals surface area contributed by atoms with Crippen molar-refractivity contribution < 1.29 is 19.0 Å². The summed E-state index contributed by atoms with van der Waals surface area (Å²) in [6.07, 6.45) is 1.30. The molecule has 0 aliphatic carbocycles. The van der Waals surface area contributed by atoms with Crippen molar-refractivity contribution in [2.24, 2.45) is 11.1 Å². The van der Waals surface area contributed by atoms with Crippen LogP contribution in [0.25, 0.3) is 0 Å². The van der Waals surface area contributed by atoms with Crippen molar-refractivity contribution in [1.82, 2.24) is 0 Å². The monoisotopic (exact) mass is 308 g/mol. The smallest absolute Gasteiger partial charge is 0.232 e. The van der Waals surface area contributed by atoms with Gasteiger partial charge in [0.2, 0.25) is 5.91 Å². The Morgan fingerprint density at radius 3 is 2.82 bits per heavy atom. The van der Waals surface area contributed by atoms with Crippen LogP contribution in [0.4, 0.5) is 5.69 Å². The molecule has 0 unspecified atom stereocenters. The Bertz CT molecular complexity index is 487. The molecule has 2 rings (SSSR count). The number of benzene rings is 1. The van der Waals surface area contributed by atoms with Crippen molar-refractivity contribution in [2.75, 3.05) is 45.4 Å². The maximum atomic E-state index is 12.6. The summed E-state index contributed by atoms with van der Waals surface area (Å²) in [6, 6.07) is 7.33. The molecule has 1 aromatic carbocycles. The van der Waals surface area contributed by atoms with Gasteiger partial charge in [0.1, 0.15) is 12.4 Å². The van der Waals surface area contributed by atoms with E-state index >= 15 is 0 Å². The van der Waals surface area contributed by atoms with Crippen molar-refractivity contribution in [3.63, 3.8) is 0 Å². The number of rotatable bonds is 7. The summed E-state index contributed by atoms with van der Waals surface area (Å²) in [5, 5.41) is 2.95. The van der Waals surface area contributed by atoms with Crippen LogP contribution < -0.4 is 15.8 Å². The Morgan fingerprint density at radius 2 is 2.14 bits per heavy atom. The first-order valence-corrected chi connectivity index (χ1v) is 7.51. The first-order chi connectivity index (χ1) is 10.7. The number of carbonyl (C=O) groups excluding carboxylic acids is 1. The summed E-state index contributed by atoms with van der Waals surface area (Å²) in [6.45, 7) is 2.46. The number of methoxy groups -OCH3 is 1. The molecule has 122 valence electrons. The van der Waals surface area contributed by atoms with Gasteiger partial charge in [-0.05, 0) is 25.0 Å². The lowest BCUT2D eigenvalue weighted by Gasteiger charge is -2.34. The number of hydrogen-bond acceptors (Lipinski definition) is 5. The molecule has 1 aliphatic heterocycles. The third-order valence-corrected chi connectivity index (χ3v) is 3.97. The molecule has 0 bridgehead atoms. The lowest BCUT2D eigenvalue weighted by Crippen LogP contribution is -2.46. The van der Waals surface area contributed by atoms with Crippen LogP contribution in [-0.4, -0.2) is 46.0 Å². The lowest BCUT2D eigenvalue weighted by molar-refractivity contribution is -0.130. The van der Waals surface area contributed by atoms with Crippen LogP contribution in [0.1, 0.15) is 12.8 Å². The fourth-order valence-corrected chi connectivity index (χ4v) is 2.46. The number of nitrogens with one attached hydrogen (secondary N) is 1. The number of anilines is 1. The Morgan fingerprint density at radius 1 is 1.36 bits per heavy atom. The second-order valence-electron chi connectivity index (χ2n) is 5.42. The van der Waals surface area contributed by atoms with E-state index < -0.39 is 5.41 Å². The summed E-state index contributed by atoms with van der Waals surface area (Å²) < 4.78 is 15.8. The Labute approximate surface area is 130 Å². The van der Waals surface area contributed by atoms with E-state index in [1.54, 1.807) is 13.2 Å². The van der Waals surface area contributed by atoms with E-state index in [0.29, 0.717) is 57.3 Å². The van der Waals surface area contributed by atoms with Gasteiger partial charge in [-0.2, -0.15) is 0 Å². The first kappa shape index (κ1) is 16.7. The van der Waals surface area contributed by atoms with Crippen LogP contribution in [0, 0.1) is 5.41 Å². The maximum Gasteiger partial charge on any atom is 0.232 e. The van der Waals surface area contributed by atoms with Gasteiger partial charge < -0.3 is 25.3 Å². The van der Waals surface area contributed by atoms with Gasteiger partial charge in [0.15, 0.2) is 0 Å². The standard InChI is InChI=1S/C16H24N2O4/c1-20-9-10-22-14-4-2-3-13(11-14)18-15(19)16(12-17)5-7-21-8-6-16/h2-4,11H,5-10,12,17H2,1H3,(H,18,19). The van der Waals surface area contributed by atoms with Gasteiger partial charge in [-0.25, -0.2) is 0 Å². The molecule has 1 heterocycles. The van der Waals surface area contributed by atoms with Crippen LogP contribution >= 0.6 is 0 Å². The molecule has 22 heavy (non-hydrogen) atoms. The molecule has 3 N–H and O–H groups in total.